The van der Waals surface area contributed by atoms with Gasteiger partial charge in [0.15, 0.2) is 5.78 Å². The molecule has 0 bridgehead atoms. The first-order valence-electron chi connectivity index (χ1n) is 10.1. The molecule has 4 N–H and O–H groups in total. The number of ketones is 1. The lowest BCUT2D eigenvalue weighted by Crippen LogP contribution is -2.33. The molecule has 0 fully saturated rings. The van der Waals surface area contributed by atoms with Gasteiger partial charge in [0.2, 0.25) is 0 Å². The number of nitrogens with one attached hydrogen (secondary N) is 2. The van der Waals surface area contributed by atoms with Crippen LogP contribution in [0.2, 0.25) is 5.02 Å². The van der Waals surface area contributed by atoms with E-state index in [1.165, 1.54) is 49.6 Å². The molecule has 3 rings (SSSR count). The SMILES string of the molecule is COc1ccc(C(=O)NCC(O)CO)cc1C(=O)c1ccc(Nc2c(F)cccc2F)cc1Cl. The predicted octanol–water partition coefficient (Wildman–Crippen LogP) is 3.68. The van der Waals surface area contributed by atoms with E-state index in [0.717, 1.165) is 12.1 Å². The fourth-order valence-corrected chi connectivity index (χ4v) is 3.35. The van der Waals surface area contributed by atoms with E-state index in [4.69, 9.17) is 21.4 Å². The van der Waals surface area contributed by atoms with Crippen LogP contribution in [0.1, 0.15) is 26.3 Å². The van der Waals surface area contributed by atoms with Gasteiger partial charge < -0.3 is 25.6 Å². The predicted molar refractivity (Wildman–Crippen MR) is 123 cm³/mol. The van der Waals surface area contributed by atoms with Gasteiger partial charge in [0.25, 0.3) is 5.91 Å². The Bertz CT molecular complexity index is 1200. The highest BCUT2D eigenvalue weighted by atomic mass is 35.5. The molecule has 1 unspecified atom stereocenters. The van der Waals surface area contributed by atoms with Crippen LogP contribution in [0.15, 0.2) is 54.6 Å². The number of rotatable bonds is 9. The van der Waals surface area contributed by atoms with Gasteiger partial charge in [-0.05, 0) is 48.5 Å². The van der Waals surface area contributed by atoms with Gasteiger partial charge in [-0.25, -0.2) is 8.78 Å². The number of aliphatic hydroxyl groups is 2. The van der Waals surface area contributed by atoms with Crippen LogP contribution < -0.4 is 15.4 Å². The minimum absolute atomic E-state index is 0.00900. The maximum atomic E-state index is 13.9. The molecule has 3 aromatic rings. The van der Waals surface area contributed by atoms with Crippen LogP contribution in [0, 0.1) is 11.6 Å². The topological polar surface area (TPSA) is 108 Å². The Morgan fingerprint density at radius 1 is 1.06 bits per heavy atom. The summed E-state index contributed by atoms with van der Waals surface area (Å²) in [5.41, 5.74) is 0.157. The first-order chi connectivity index (χ1) is 16.2. The Morgan fingerprint density at radius 3 is 2.38 bits per heavy atom. The molecule has 7 nitrogen and oxygen atoms in total. The van der Waals surface area contributed by atoms with E-state index in [-0.39, 0.29) is 45.4 Å². The van der Waals surface area contributed by atoms with Crippen LogP contribution in [0.25, 0.3) is 0 Å². The van der Waals surface area contributed by atoms with E-state index in [9.17, 15) is 23.5 Å². The monoisotopic (exact) mass is 490 g/mol. The van der Waals surface area contributed by atoms with E-state index >= 15 is 0 Å². The number of aliphatic hydroxyl groups excluding tert-OH is 2. The number of hydrogen-bond donors (Lipinski definition) is 4. The summed E-state index contributed by atoms with van der Waals surface area (Å²) in [4.78, 5) is 25.6. The first kappa shape index (κ1) is 25.1. The van der Waals surface area contributed by atoms with Crippen molar-refractivity contribution in [3.63, 3.8) is 0 Å². The zero-order valence-corrected chi connectivity index (χ0v) is 18.7. The summed E-state index contributed by atoms with van der Waals surface area (Å²) in [6.45, 7) is -0.687. The highest BCUT2D eigenvalue weighted by Gasteiger charge is 2.20. The number of methoxy groups -OCH3 is 1. The molecule has 0 aliphatic carbocycles. The lowest BCUT2D eigenvalue weighted by Gasteiger charge is -2.13. The molecule has 1 atom stereocenters. The molecule has 0 saturated carbocycles. The van der Waals surface area contributed by atoms with Crippen LogP contribution >= 0.6 is 11.6 Å². The molecule has 34 heavy (non-hydrogen) atoms. The maximum absolute atomic E-state index is 13.9. The second kappa shape index (κ2) is 11.1. The Hall–Kier alpha value is -3.53. The Balaban J connectivity index is 1.87. The third-order valence-electron chi connectivity index (χ3n) is 4.86. The van der Waals surface area contributed by atoms with Crippen LogP contribution in [-0.2, 0) is 0 Å². The van der Waals surface area contributed by atoms with Crippen LogP contribution in [0.3, 0.4) is 0 Å². The molecular weight excluding hydrogens is 470 g/mol. The molecular formula is C24H21ClF2N2O5. The number of hydrogen-bond acceptors (Lipinski definition) is 6. The number of carbonyl (C=O) groups excluding carboxylic acids is 2. The molecule has 178 valence electrons. The van der Waals surface area contributed by atoms with Gasteiger partial charge in [-0.15, -0.1) is 0 Å². The van der Waals surface area contributed by atoms with Gasteiger partial charge in [-0.3, -0.25) is 9.59 Å². The van der Waals surface area contributed by atoms with Crippen LogP contribution in [-0.4, -0.2) is 48.3 Å². The zero-order chi connectivity index (χ0) is 24.8. The summed E-state index contributed by atoms with van der Waals surface area (Å²) >= 11 is 6.30. The van der Waals surface area contributed by atoms with Crippen molar-refractivity contribution in [2.45, 2.75) is 6.10 Å². The van der Waals surface area contributed by atoms with Crippen molar-refractivity contribution < 1.29 is 33.3 Å². The summed E-state index contributed by atoms with van der Waals surface area (Å²) < 4.78 is 33.1. The summed E-state index contributed by atoms with van der Waals surface area (Å²) in [6.07, 6.45) is -1.12. The molecule has 0 radical (unpaired) electrons. The standard InChI is InChI=1S/C24H21ClF2N2O5/c1-34-21-8-5-13(24(33)28-11-15(31)12-30)9-17(21)23(32)16-7-6-14(10-18(16)25)29-22-19(26)3-2-4-20(22)27/h2-10,15,29-31H,11-12H2,1H3,(H,28,33). The lowest BCUT2D eigenvalue weighted by atomic mass is 9.99. The first-order valence-corrected chi connectivity index (χ1v) is 10.4. The number of carbonyl (C=O) groups is 2. The fourth-order valence-electron chi connectivity index (χ4n) is 3.09. The molecule has 0 spiro atoms. The maximum Gasteiger partial charge on any atom is 0.251 e. The minimum atomic E-state index is -1.12. The quantitative estimate of drug-likeness (QED) is 0.341. The third kappa shape index (κ3) is 5.69. The van der Waals surface area contributed by atoms with E-state index in [0.29, 0.717) is 0 Å². The minimum Gasteiger partial charge on any atom is -0.496 e. The summed E-state index contributed by atoms with van der Waals surface area (Å²) in [5, 5.41) is 23.3. The van der Waals surface area contributed by atoms with Crippen molar-refractivity contribution in [1.29, 1.82) is 0 Å². The van der Waals surface area contributed by atoms with Crippen molar-refractivity contribution in [2.75, 3.05) is 25.6 Å². The molecule has 10 heteroatoms. The van der Waals surface area contributed by atoms with Gasteiger partial charge in [-0.2, -0.15) is 0 Å². The van der Waals surface area contributed by atoms with Crippen molar-refractivity contribution in [3.05, 3.63) is 87.9 Å². The van der Waals surface area contributed by atoms with E-state index in [1.807, 2.05) is 0 Å². The summed E-state index contributed by atoms with van der Waals surface area (Å²) in [6, 6.07) is 11.8. The molecule has 0 aromatic heterocycles. The fraction of sp³-hybridized carbons (Fsp3) is 0.167. The number of amides is 1. The third-order valence-corrected chi connectivity index (χ3v) is 5.17. The highest BCUT2D eigenvalue weighted by Crippen LogP contribution is 2.30. The smallest absolute Gasteiger partial charge is 0.251 e. The molecule has 0 aliphatic rings. The Morgan fingerprint density at radius 2 is 1.76 bits per heavy atom. The van der Waals surface area contributed by atoms with Crippen LogP contribution in [0.5, 0.6) is 5.75 Å². The van der Waals surface area contributed by atoms with Crippen molar-refractivity contribution in [2.24, 2.45) is 0 Å². The molecule has 0 saturated heterocycles. The molecule has 3 aromatic carbocycles. The summed E-state index contributed by atoms with van der Waals surface area (Å²) in [7, 11) is 1.36. The van der Waals surface area contributed by atoms with Gasteiger partial charge in [-0.1, -0.05) is 17.7 Å². The zero-order valence-electron chi connectivity index (χ0n) is 17.9. The van der Waals surface area contributed by atoms with Crippen LogP contribution in [0.4, 0.5) is 20.2 Å². The summed E-state index contributed by atoms with van der Waals surface area (Å²) in [5.74, 6) is -2.49. The average molecular weight is 491 g/mol. The number of halogens is 3. The number of benzene rings is 3. The van der Waals surface area contributed by atoms with Gasteiger partial charge in [0.1, 0.15) is 23.1 Å². The normalized spacial score (nSPS) is 11.6. The van der Waals surface area contributed by atoms with E-state index < -0.39 is 36.0 Å². The lowest BCUT2D eigenvalue weighted by molar-refractivity contribution is 0.0802. The van der Waals surface area contributed by atoms with E-state index in [1.54, 1.807) is 0 Å². The van der Waals surface area contributed by atoms with E-state index in [2.05, 4.69) is 10.6 Å². The highest BCUT2D eigenvalue weighted by molar-refractivity contribution is 6.35. The second-order valence-electron chi connectivity index (χ2n) is 7.21. The molecule has 0 aliphatic heterocycles. The average Bonchev–Trinajstić information content (AvgIpc) is 2.83. The Labute approximate surface area is 198 Å². The second-order valence-corrected chi connectivity index (χ2v) is 7.61. The largest absolute Gasteiger partial charge is 0.496 e. The number of ether oxygens (including phenoxy) is 1. The van der Waals surface area contributed by atoms with Crippen molar-refractivity contribution >= 4 is 34.7 Å². The molecule has 1 amide bonds. The van der Waals surface area contributed by atoms with Gasteiger partial charge >= 0.3 is 0 Å². The van der Waals surface area contributed by atoms with Gasteiger partial charge in [0, 0.05) is 23.4 Å². The van der Waals surface area contributed by atoms with Gasteiger partial charge in [0.05, 0.1) is 30.4 Å². The van der Waals surface area contributed by atoms with Crippen molar-refractivity contribution in [1.82, 2.24) is 5.32 Å². The van der Waals surface area contributed by atoms with Crippen molar-refractivity contribution in [3.8, 4) is 5.75 Å². The molecule has 0 heterocycles. The Kier molecular flexibility index (Phi) is 8.17. The number of para-hydroxylation sites is 1. The number of anilines is 2.